The fourth-order valence-electron chi connectivity index (χ4n) is 4.46. The molecule has 0 aliphatic carbocycles. The number of pyridine rings is 1. The number of rotatable bonds is 5. The molecule has 6 rings (SSSR count). The van der Waals surface area contributed by atoms with Crippen LogP contribution in [0.5, 0.6) is 0 Å². The van der Waals surface area contributed by atoms with Crippen LogP contribution in [0.1, 0.15) is 5.56 Å². The second-order valence-electron chi connectivity index (χ2n) is 8.47. The molecule has 164 valence electrons. The van der Waals surface area contributed by atoms with Crippen molar-refractivity contribution in [2.45, 2.75) is 6.54 Å². The zero-order valence-electron chi connectivity index (χ0n) is 18.3. The van der Waals surface area contributed by atoms with Crippen molar-refractivity contribution in [3.63, 3.8) is 0 Å². The first-order valence-electron chi connectivity index (χ1n) is 11.3. The monoisotopic (exact) mass is 451 g/mol. The molecular formula is C27H25N5S. The molecule has 5 nitrogen and oxygen atoms in total. The Bertz CT molecular complexity index is 1400. The third-order valence-electron chi connectivity index (χ3n) is 6.26. The highest BCUT2D eigenvalue weighted by Crippen LogP contribution is 2.30. The van der Waals surface area contributed by atoms with E-state index in [0.717, 1.165) is 60.5 Å². The maximum Gasteiger partial charge on any atom is 0.0832 e. The second-order valence-corrected chi connectivity index (χ2v) is 9.36. The van der Waals surface area contributed by atoms with Crippen LogP contribution < -0.4 is 10.6 Å². The topological polar surface area (TPSA) is 53.1 Å². The number of hydrogen-bond donors (Lipinski definition) is 2. The molecule has 0 spiro atoms. The lowest BCUT2D eigenvalue weighted by molar-refractivity contribution is 0.233. The summed E-state index contributed by atoms with van der Waals surface area (Å²) in [6, 6.07) is 23.8. The summed E-state index contributed by atoms with van der Waals surface area (Å²) in [6.07, 6.45) is 1.87. The lowest BCUT2D eigenvalue weighted by Crippen LogP contribution is -2.42. The van der Waals surface area contributed by atoms with E-state index in [0.29, 0.717) is 0 Å². The Kier molecular flexibility index (Phi) is 5.48. The maximum absolute atomic E-state index is 4.64. The van der Waals surface area contributed by atoms with Gasteiger partial charge in [-0.3, -0.25) is 9.88 Å². The quantitative estimate of drug-likeness (QED) is 0.361. The largest absolute Gasteiger partial charge is 0.355 e. The molecule has 2 aromatic heterocycles. The smallest absolute Gasteiger partial charge is 0.0832 e. The molecule has 1 saturated heterocycles. The van der Waals surface area contributed by atoms with Gasteiger partial charge in [0.25, 0.3) is 0 Å². The molecule has 0 saturated carbocycles. The van der Waals surface area contributed by atoms with Crippen LogP contribution in [0.3, 0.4) is 0 Å². The van der Waals surface area contributed by atoms with Gasteiger partial charge in [0, 0.05) is 55.7 Å². The summed E-state index contributed by atoms with van der Waals surface area (Å²) >= 11 is 1.66. The minimum absolute atomic E-state index is 0.983. The van der Waals surface area contributed by atoms with Crippen LogP contribution in [0, 0.1) is 0 Å². The Morgan fingerprint density at radius 2 is 1.70 bits per heavy atom. The lowest BCUT2D eigenvalue weighted by Gasteiger charge is -2.27. The summed E-state index contributed by atoms with van der Waals surface area (Å²) < 4.78 is 1.20. The van der Waals surface area contributed by atoms with Gasteiger partial charge in [0.1, 0.15) is 0 Å². The number of nitrogens with zero attached hydrogens (tertiary/aromatic N) is 3. The van der Waals surface area contributed by atoms with Crippen LogP contribution in [0.2, 0.25) is 0 Å². The number of benzene rings is 3. The van der Waals surface area contributed by atoms with Crippen LogP contribution >= 0.6 is 11.3 Å². The highest BCUT2D eigenvalue weighted by atomic mass is 32.1. The standard InChI is InChI=1S/C27H25N5S/c1-3-20(4-2-19(1)17-32-13-11-28-12-14-32)21-5-7-23-24(9-10-29-25(23)15-21)31-22-6-8-27-26(16-22)30-18-33-27/h1-10,15-16,18,28H,11-14,17H2,(H,29,31). The number of anilines is 2. The number of thiazole rings is 1. The number of nitrogens with one attached hydrogen (secondary N) is 2. The first kappa shape index (κ1) is 20.3. The molecule has 0 amide bonds. The first-order valence-corrected chi connectivity index (χ1v) is 12.2. The van der Waals surface area contributed by atoms with E-state index in [9.17, 15) is 0 Å². The summed E-state index contributed by atoms with van der Waals surface area (Å²) in [5, 5.41) is 8.07. The molecule has 3 aromatic carbocycles. The highest BCUT2D eigenvalue weighted by Gasteiger charge is 2.10. The van der Waals surface area contributed by atoms with E-state index in [2.05, 4.69) is 86.2 Å². The van der Waals surface area contributed by atoms with Gasteiger partial charge in [0.05, 0.1) is 21.2 Å². The molecule has 2 N–H and O–H groups in total. The van der Waals surface area contributed by atoms with Gasteiger partial charge >= 0.3 is 0 Å². The molecule has 6 heteroatoms. The third-order valence-corrected chi connectivity index (χ3v) is 7.07. The molecule has 0 atom stereocenters. The SMILES string of the molecule is c1cc(Nc2ccc3scnc3c2)c2ccc(-c3ccc(CN4CCNCC4)cc3)cc2n1. The van der Waals surface area contributed by atoms with Crippen molar-refractivity contribution in [2.75, 3.05) is 31.5 Å². The van der Waals surface area contributed by atoms with Crippen molar-refractivity contribution in [1.82, 2.24) is 20.2 Å². The second kappa shape index (κ2) is 8.90. The molecular weight excluding hydrogens is 426 g/mol. The van der Waals surface area contributed by atoms with Gasteiger partial charge in [-0.05, 0) is 47.0 Å². The molecule has 0 bridgehead atoms. The molecule has 1 fully saturated rings. The number of fused-ring (bicyclic) bond motifs is 2. The number of aromatic nitrogens is 2. The predicted octanol–water partition coefficient (Wildman–Crippen LogP) is 5.66. The van der Waals surface area contributed by atoms with E-state index < -0.39 is 0 Å². The van der Waals surface area contributed by atoms with Gasteiger partial charge in [-0.15, -0.1) is 11.3 Å². The molecule has 3 heterocycles. The zero-order valence-corrected chi connectivity index (χ0v) is 19.1. The Labute approximate surface area is 197 Å². The van der Waals surface area contributed by atoms with Crippen molar-refractivity contribution in [1.29, 1.82) is 0 Å². The van der Waals surface area contributed by atoms with Crippen LogP contribution in [0.15, 0.2) is 78.4 Å². The van der Waals surface area contributed by atoms with Crippen LogP contribution in [0.4, 0.5) is 11.4 Å². The Morgan fingerprint density at radius 1 is 0.848 bits per heavy atom. The van der Waals surface area contributed by atoms with Crippen molar-refractivity contribution in [3.05, 3.63) is 84.0 Å². The molecule has 1 aliphatic rings. The predicted molar refractivity (Wildman–Crippen MR) is 138 cm³/mol. The average Bonchev–Trinajstić information content (AvgIpc) is 3.33. The van der Waals surface area contributed by atoms with E-state index in [4.69, 9.17) is 0 Å². The minimum atomic E-state index is 0.983. The molecule has 0 unspecified atom stereocenters. The van der Waals surface area contributed by atoms with Crippen molar-refractivity contribution >= 4 is 43.8 Å². The fourth-order valence-corrected chi connectivity index (χ4v) is 5.12. The average molecular weight is 452 g/mol. The summed E-state index contributed by atoms with van der Waals surface area (Å²) in [5.41, 5.74) is 9.74. The van der Waals surface area contributed by atoms with E-state index in [1.807, 2.05) is 17.8 Å². The van der Waals surface area contributed by atoms with Gasteiger partial charge in [-0.1, -0.05) is 36.4 Å². The third kappa shape index (κ3) is 4.33. The van der Waals surface area contributed by atoms with Crippen LogP contribution in [0.25, 0.3) is 32.2 Å². The fraction of sp³-hybridized carbons (Fsp3) is 0.185. The van der Waals surface area contributed by atoms with E-state index in [-0.39, 0.29) is 0 Å². The van der Waals surface area contributed by atoms with E-state index in [1.165, 1.54) is 21.4 Å². The zero-order chi connectivity index (χ0) is 22.0. The van der Waals surface area contributed by atoms with Gasteiger partial charge in [-0.2, -0.15) is 0 Å². The maximum atomic E-state index is 4.64. The van der Waals surface area contributed by atoms with Crippen molar-refractivity contribution < 1.29 is 0 Å². The summed E-state index contributed by atoms with van der Waals surface area (Å²) in [7, 11) is 0. The Morgan fingerprint density at radius 3 is 2.58 bits per heavy atom. The van der Waals surface area contributed by atoms with Gasteiger partial charge in [-0.25, -0.2) is 4.98 Å². The van der Waals surface area contributed by atoms with E-state index in [1.54, 1.807) is 11.3 Å². The van der Waals surface area contributed by atoms with Gasteiger partial charge in [0.2, 0.25) is 0 Å². The molecule has 33 heavy (non-hydrogen) atoms. The summed E-state index contributed by atoms with van der Waals surface area (Å²) in [4.78, 5) is 11.6. The van der Waals surface area contributed by atoms with Crippen LogP contribution in [-0.4, -0.2) is 41.0 Å². The normalized spacial score (nSPS) is 14.7. The van der Waals surface area contributed by atoms with Crippen molar-refractivity contribution in [2.24, 2.45) is 0 Å². The minimum Gasteiger partial charge on any atom is -0.355 e. The summed E-state index contributed by atoms with van der Waals surface area (Å²) in [6.45, 7) is 5.41. The number of hydrogen-bond acceptors (Lipinski definition) is 6. The number of piperazine rings is 1. The van der Waals surface area contributed by atoms with Gasteiger partial charge in [0.15, 0.2) is 0 Å². The highest BCUT2D eigenvalue weighted by molar-refractivity contribution is 7.16. The summed E-state index contributed by atoms with van der Waals surface area (Å²) in [5.74, 6) is 0. The van der Waals surface area contributed by atoms with Crippen molar-refractivity contribution in [3.8, 4) is 11.1 Å². The van der Waals surface area contributed by atoms with Gasteiger partial charge < -0.3 is 10.6 Å². The lowest BCUT2D eigenvalue weighted by atomic mass is 10.0. The Hall–Kier alpha value is -3.32. The molecule has 1 aliphatic heterocycles. The molecule has 0 radical (unpaired) electrons. The van der Waals surface area contributed by atoms with Crippen LogP contribution in [-0.2, 0) is 6.54 Å². The Balaban J connectivity index is 1.24. The first-order chi connectivity index (χ1) is 16.3. The molecule has 5 aromatic rings. The van der Waals surface area contributed by atoms with E-state index >= 15 is 0 Å².